The Hall–Kier alpha value is -1.92. The van der Waals surface area contributed by atoms with Crippen LogP contribution in [0.25, 0.3) is 11.1 Å². The molecule has 0 spiro atoms. The first-order valence-corrected chi connectivity index (χ1v) is 15.8. The van der Waals surface area contributed by atoms with Crippen molar-refractivity contribution in [2.45, 2.75) is 89.4 Å². The summed E-state index contributed by atoms with van der Waals surface area (Å²) in [4.78, 5) is 28.5. The highest BCUT2D eigenvalue weighted by molar-refractivity contribution is 8.17. The van der Waals surface area contributed by atoms with Crippen molar-refractivity contribution >= 4 is 35.5 Å². The minimum Gasteiger partial charge on any atom is -0.443 e. The summed E-state index contributed by atoms with van der Waals surface area (Å²) < 4.78 is 5.88. The predicted octanol–water partition coefficient (Wildman–Crippen LogP) is 8.44. The van der Waals surface area contributed by atoms with E-state index in [0.717, 1.165) is 48.3 Å². The summed E-state index contributed by atoms with van der Waals surface area (Å²) in [7, 11) is 0. The van der Waals surface area contributed by atoms with Crippen LogP contribution in [0.1, 0.15) is 72.3 Å². The van der Waals surface area contributed by atoms with E-state index in [1.165, 1.54) is 10.5 Å². The maximum absolute atomic E-state index is 13.8. The van der Waals surface area contributed by atoms with Gasteiger partial charge < -0.3 is 4.74 Å². The van der Waals surface area contributed by atoms with Crippen LogP contribution in [0.2, 0.25) is 0 Å². The predicted molar refractivity (Wildman–Crippen MR) is 159 cm³/mol. The molecule has 2 aromatic rings. The van der Waals surface area contributed by atoms with Gasteiger partial charge in [-0.25, -0.2) is 9.69 Å². The fraction of sp³-hybridized carbons (Fsp3) is 0.548. The zero-order valence-corrected chi connectivity index (χ0v) is 24.7. The van der Waals surface area contributed by atoms with Gasteiger partial charge in [0.25, 0.3) is 0 Å². The molecule has 4 nitrogen and oxygen atoms in total. The van der Waals surface area contributed by atoms with Crippen molar-refractivity contribution in [1.29, 1.82) is 0 Å². The minimum absolute atomic E-state index is 0.0712. The Morgan fingerprint density at radius 3 is 2.05 bits per heavy atom. The van der Waals surface area contributed by atoms with Crippen LogP contribution in [-0.4, -0.2) is 44.6 Å². The highest BCUT2D eigenvalue weighted by Gasteiger charge is 2.47. The normalized spacial score (nSPS) is 18.0. The molecule has 1 unspecified atom stereocenters. The molecule has 37 heavy (non-hydrogen) atoms. The average Bonchev–Trinajstić information content (AvgIpc) is 3.18. The van der Waals surface area contributed by atoms with Gasteiger partial charge in [0.15, 0.2) is 0 Å². The molecular formula is C31H43NO3S2. The van der Waals surface area contributed by atoms with Gasteiger partial charge in [0.05, 0.1) is 10.5 Å². The number of carbonyl (C=O) groups is 2. The Labute approximate surface area is 232 Å². The summed E-state index contributed by atoms with van der Waals surface area (Å²) in [6.07, 6.45) is 5.38. The number of hydrogen-bond donors (Lipinski definition) is 0. The monoisotopic (exact) mass is 541 g/mol. The van der Waals surface area contributed by atoms with Crippen molar-refractivity contribution in [3.8, 4) is 11.1 Å². The van der Waals surface area contributed by atoms with E-state index >= 15 is 0 Å². The third-order valence-corrected chi connectivity index (χ3v) is 9.64. The molecule has 2 atom stereocenters. The zero-order chi connectivity index (χ0) is 26.8. The Morgan fingerprint density at radius 2 is 1.51 bits per heavy atom. The number of ether oxygens (including phenoxy) is 1. The van der Waals surface area contributed by atoms with Crippen molar-refractivity contribution in [2.75, 3.05) is 11.5 Å². The largest absolute Gasteiger partial charge is 0.443 e. The van der Waals surface area contributed by atoms with E-state index < -0.39 is 11.7 Å². The first-order chi connectivity index (χ1) is 17.7. The number of amides is 2. The third-order valence-electron chi connectivity index (χ3n) is 6.46. The number of thioether (sulfide) groups is 2. The lowest BCUT2D eigenvalue weighted by Crippen LogP contribution is -2.44. The summed E-state index contributed by atoms with van der Waals surface area (Å²) in [5, 5.41) is 0. The van der Waals surface area contributed by atoms with Crippen LogP contribution in [-0.2, 0) is 16.0 Å². The number of rotatable bonds is 12. The van der Waals surface area contributed by atoms with Gasteiger partial charge in [-0.15, -0.1) is 23.5 Å². The molecule has 3 rings (SSSR count). The molecule has 0 saturated carbocycles. The number of benzene rings is 2. The lowest BCUT2D eigenvalue weighted by molar-refractivity contribution is -0.130. The SMILES string of the molecule is CCCCSC(SCCCC)C1C[C@@H](Cc2ccc(-c3ccccc3)cc2)N(C(=O)OC(C)(C)C)C1=O. The first kappa shape index (κ1) is 29.6. The fourth-order valence-electron chi connectivity index (χ4n) is 4.51. The third kappa shape index (κ3) is 8.81. The number of carbonyl (C=O) groups excluding carboxylic acids is 2. The second-order valence-corrected chi connectivity index (χ2v) is 13.6. The molecule has 0 aromatic heterocycles. The van der Waals surface area contributed by atoms with Gasteiger partial charge in [0, 0.05) is 6.04 Å². The smallest absolute Gasteiger partial charge is 0.417 e. The Morgan fingerprint density at radius 1 is 0.946 bits per heavy atom. The van der Waals surface area contributed by atoms with Gasteiger partial charge in [-0.3, -0.25) is 4.79 Å². The maximum Gasteiger partial charge on any atom is 0.417 e. The van der Waals surface area contributed by atoms with E-state index in [4.69, 9.17) is 4.74 Å². The quantitative estimate of drug-likeness (QED) is 0.199. The number of imide groups is 1. The van der Waals surface area contributed by atoms with E-state index in [9.17, 15) is 9.59 Å². The van der Waals surface area contributed by atoms with Crippen LogP contribution in [0.15, 0.2) is 54.6 Å². The van der Waals surface area contributed by atoms with E-state index in [2.05, 4.69) is 50.2 Å². The Kier molecular flexibility index (Phi) is 11.4. The Balaban J connectivity index is 1.81. The van der Waals surface area contributed by atoms with Crippen LogP contribution in [0.5, 0.6) is 0 Å². The molecule has 0 radical (unpaired) electrons. The lowest BCUT2D eigenvalue weighted by atomic mass is 9.98. The second-order valence-electron chi connectivity index (χ2n) is 10.8. The molecule has 1 aliphatic rings. The van der Waals surface area contributed by atoms with Gasteiger partial charge >= 0.3 is 6.09 Å². The summed E-state index contributed by atoms with van der Waals surface area (Å²) in [6, 6.07) is 18.6. The van der Waals surface area contributed by atoms with Gasteiger partial charge in [0.2, 0.25) is 5.91 Å². The number of unbranched alkanes of at least 4 members (excludes halogenated alkanes) is 2. The topological polar surface area (TPSA) is 46.6 Å². The fourth-order valence-corrected chi connectivity index (χ4v) is 7.77. The molecule has 1 fully saturated rings. The summed E-state index contributed by atoms with van der Waals surface area (Å²) in [5.74, 6) is 1.84. The molecule has 0 aliphatic carbocycles. The van der Waals surface area contributed by atoms with Gasteiger partial charge in [0.1, 0.15) is 5.60 Å². The Bertz CT molecular complexity index is 978. The van der Waals surface area contributed by atoms with Crippen LogP contribution < -0.4 is 0 Å². The molecule has 1 saturated heterocycles. The lowest BCUT2D eigenvalue weighted by Gasteiger charge is -2.27. The summed E-state index contributed by atoms with van der Waals surface area (Å²) >= 11 is 3.79. The van der Waals surface area contributed by atoms with Crippen molar-refractivity contribution in [2.24, 2.45) is 5.92 Å². The second kappa shape index (κ2) is 14.3. The molecule has 1 aliphatic heterocycles. The van der Waals surface area contributed by atoms with Crippen molar-refractivity contribution in [3.05, 3.63) is 60.2 Å². The zero-order valence-electron chi connectivity index (χ0n) is 23.1. The van der Waals surface area contributed by atoms with Crippen molar-refractivity contribution < 1.29 is 14.3 Å². The molecular weight excluding hydrogens is 498 g/mol. The molecule has 2 amide bonds. The highest BCUT2D eigenvalue weighted by atomic mass is 32.2. The molecule has 0 bridgehead atoms. The van der Waals surface area contributed by atoms with Crippen LogP contribution >= 0.6 is 23.5 Å². The summed E-state index contributed by atoms with van der Waals surface area (Å²) in [6.45, 7) is 9.95. The number of hydrogen-bond acceptors (Lipinski definition) is 5. The van der Waals surface area contributed by atoms with Crippen molar-refractivity contribution in [1.82, 2.24) is 4.90 Å². The summed E-state index contributed by atoms with van der Waals surface area (Å²) in [5.41, 5.74) is 2.81. The van der Waals surface area contributed by atoms with E-state index in [-0.39, 0.29) is 22.4 Å². The minimum atomic E-state index is -0.650. The maximum atomic E-state index is 13.8. The molecule has 202 valence electrons. The van der Waals surface area contributed by atoms with Gasteiger partial charge in [-0.1, -0.05) is 81.3 Å². The van der Waals surface area contributed by atoms with E-state index in [1.807, 2.05) is 62.5 Å². The van der Waals surface area contributed by atoms with Crippen molar-refractivity contribution in [3.63, 3.8) is 0 Å². The molecule has 0 N–H and O–H groups in total. The molecule has 1 heterocycles. The van der Waals surface area contributed by atoms with E-state index in [0.29, 0.717) is 12.8 Å². The standard InChI is InChI=1S/C31H43NO3S2/c1-6-8-19-36-29(37-20-9-7-2)27-22-26(32(28(27)33)30(34)35-31(3,4)5)21-23-15-17-25(18-16-23)24-13-11-10-12-14-24/h10-18,26-27,29H,6-9,19-22H2,1-5H3/t26-,27?/m1/s1. The van der Waals surface area contributed by atoms with Crippen LogP contribution in [0, 0.1) is 5.92 Å². The van der Waals surface area contributed by atoms with Crippen LogP contribution in [0.4, 0.5) is 4.79 Å². The van der Waals surface area contributed by atoms with Gasteiger partial charge in [-0.05, 0) is 74.7 Å². The van der Waals surface area contributed by atoms with E-state index in [1.54, 1.807) is 0 Å². The van der Waals surface area contributed by atoms with Crippen LogP contribution in [0.3, 0.4) is 0 Å². The highest BCUT2D eigenvalue weighted by Crippen LogP contribution is 2.41. The number of nitrogens with zero attached hydrogens (tertiary/aromatic N) is 1. The number of likely N-dealkylation sites (tertiary alicyclic amines) is 1. The molecule has 6 heteroatoms. The average molecular weight is 542 g/mol. The molecule has 2 aromatic carbocycles. The first-order valence-electron chi connectivity index (χ1n) is 13.7. The van der Waals surface area contributed by atoms with Gasteiger partial charge in [-0.2, -0.15) is 0 Å².